The van der Waals surface area contributed by atoms with E-state index in [9.17, 15) is 9.90 Å². The number of carbonyl (C=O) groups is 1. The number of aromatic hydroxyl groups is 2. The van der Waals surface area contributed by atoms with Crippen molar-refractivity contribution in [2.24, 2.45) is 0 Å². The molecule has 0 radical (unpaired) electrons. The van der Waals surface area contributed by atoms with E-state index in [1.165, 1.54) is 16.6 Å². The summed E-state index contributed by atoms with van der Waals surface area (Å²) in [6, 6.07) is 13.8. The number of phenols is 2. The molecule has 0 aromatic heterocycles. The molecule has 0 bridgehead atoms. The SMILES string of the molecule is O=C(OCC[Se]c1ccccc1)c1ccc(O)cc1O. The molecule has 2 N–H and O–H groups in total. The van der Waals surface area contributed by atoms with Crippen molar-refractivity contribution in [2.75, 3.05) is 6.61 Å². The van der Waals surface area contributed by atoms with Crippen LogP contribution in [0.5, 0.6) is 11.5 Å². The van der Waals surface area contributed by atoms with E-state index in [0.717, 1.165) is 11.4 Å². The van der Waals surface area contributed by atoms with E-state index in [4.69, 9.17) is 9.84 Å². The molecule has 0 saturated carbocycles. The van der Waals surface area contributed by atoms with Crippen molar-refractivity contribution < 1.29 is 19.7 Å². The third kappa shape index (κ3) is 4.02. The summed E-state index contributed by atoms with van der Waals surface area (Å²) in [6.45, 7) is 0.314. The molecular weight excluding hydrogens is 323 g/mol. The summed E-state index contributed by atoms with van der Waals surface area (Å²) >= 11 is 0.262. The Balaban J connectivity index is 1.80. The fraction of sp³-hybridized carbons (Fsp3) is 0.133. The predicted octanol–water partition coefficient (Wildman–Crippen LogP) is 1.70. The number of phenolic OH excluding ortho intramolecular Hbond substituents is 2. The maximum absolute atomic E-state index is 11.7. The molecule has 2 aromatic carbocycles. The first-order valence-corrected chi connectivity index (χ1v) is 8.10. The van der Waals surface area contributed by atoms with E-state index in [2.05, 4.69) is 0 Å². The Bertz CT molecular complexity index is 584. The van der Waals surface area contributed by atoms with Crippen molar-refractivity contribution in [3.63, 3.8) is 0 Å². The summed E-state index contributed by atoms with van der Waals surface area (Å²) in [5.41, 5.74) is 0.0648. The van der Waals surface area contributed by atoms with Gasteiger partial charge in [0, 0.05) is 0 Å². The number of esters is 1. The third-order valence-corrected chi connectivity index (χ3v) is 4.58. The molecule has 5 heteroatoms. The minimum atomic E-state index is -0.577. The number of benzene rings is 2. The van der Waals surface area contributed by atoms with Gasteiger partial charge in [0.1, 0.15) is 0 Å². The van der Waals surface area contributed by atoms with Gasteiger partial charge in [-0.15, -0.1) is 0 Å². The molecule has 4 nitrogen and oxygen atoms in total. The third-order valence-electron chi connectivity index (χ3n) is 2.53. The molecule has 0 spiro atoms. The van der Waals surface area contributed by atoms with Gasteiger partial charge in [0.2, 0.25) is 0 Å². The predicted molar refractivity (Wildman–Crippen MR) is 76.7 cm³/mol. The van der Waals surface area contributed by atoms with Crippen molar-refractivity contribution in [1.29, 1.82) is 0 Å². The number of hydrogen-bond donors (Lipinski definition) is 2. The first kappa shape index (κ1) is 14.4. The Kier molecular flexibility index (Phi) is 5.04. The molecule has 2 rings (SSSR count). The van der Waals surface area contributed by atoms with E-state index >= 15 is 0 Å². The molecule has 0 saturated heterocycles. The standard InChI is InChI=1S/C15H14O4Se/c16-11-6-7-13(14(17)10-11)15(18)19-8-9-20-12-4-2-1-3-5-12/h1-7,10,16-17H,8-9H2. The summed E-state index contributed by atoms with van der Waals surface area (Å²) in [7, 11) is 0. The van der Waals surface area contributed by atoms with Crippen LogP contribution >= 0.6 is 0 Å². The monoisotopic (exact) mass is 338 g/mol. The van der Waals surface area contributed by atoms with Crippen LogP contribution in [0.15, 0.2) is 48.5 Å². The average Bonchev–Trinajstić information content (AvgIpc) is 2.44. The van der Waals surface area contributed by atoms with Gasteiger partial charge in [-0.2, -0.15) is 0 Å². The molecule has 0 atom stereocenters. The molecule has 0 amide bonds. The van der Waals surface area contributed by atoms with Crippen LogP contribution in [-0.2, 0) is 4.74 Å². The Labute approximate surface area is 123 Å². The van der Waals surface area contributed by atoms with Crippen molar-refractivity contribution in [3.8, 4) is 11.5 Å². The topological polar surface area (TPSA) is 66.8 Å². The van der Waals surface area contributed by atoms with Crippen molar-refractivity contribution in [3.05, 3.63) is 54.1 Å². The van der Waals surface area contributed by atoms with Crippen LogP contribution < -0.4 is 4.46 Å². The summed E-state index contributed by atoms with van der Waals surface area (Å²) in [5, 5.41) is 19.5. The van der Waals surface area contributed by atoms with Gasteiger partial charge < -0.3 is 0 Å². The quantitative estimate of drug-likeness (QED) is 0.495. The molecule has 0 aliphatic rings. The second kappa shape index (κ2) is 6.98. The van der Waals surface area contributed by atoms with Crippen LogP contribution in [-0.4, -0.2) is 37.7 Å². The van der Waals surface area contributed by atoms with Crippen LogP contribution in [0.1, 0.15) is 10.4 Å². The van der Waals surface area contributed by atoms with E-state index in [1.54, 1.807) is 0 Å². The van der Waals surface area contributed by atoms with Crippen LogP contribution in [0.3, 0.4) is 0 Å². The van der Waals surface area contributed by atoms with Crippen LogP contribution in [0.2, 0.25) is 5.32 Å². The van der Waals surface area contributed by atoms with E-state index < -0.39 is 5.97 Å². The van der Waals surface area contributed by atoms with Gasteiger partial charge in [-0.1, -0.05) is 0 Å². The fourth-order valence-electron chi connectivity index (χ4n) is 1.58. The normalized spacial score (nSPS) is 10.2. The zero-order chi connectivity index (χ0) is 14.4. The Hall–Kier alpha value is -1.97. The Morgan fingerprint density at radius 1 is 1.10 bits per heavy atom. The molecular formula is C15H14O4Se. The van der Waals surface area contributed by atoms with E-state index in [-0.39, 0.29) is 32.0 Å². The summed E-state index contributed by atoms with van der Waals surface area (Å²) < 4.78 is 6.36. The second-order valence-corrected chi connectivity index (χ2v) is 6.45. The van der Waals surface area contributed by atoms with Crippen molar-refractivity contribution in [2.45, 2.75) is 5.32 Å². The van der Waals surface area contributed by atoms with Crippen molar-refractivity contribution >= 4 is 25.4 Å². The van der Waals surface area contributed by atoms with Gasteiger partial charge in [-0.25, -0.2) is 0 Å². The summed E-state index contributed by atoms with van der Waals surface area (Å²) in [4.78, 5) is 11.7. The van der Waals surface area contributed by atoms with Gasteiger partial charge in [-0.05, 0) is 0 Å². The zero-order valence-electron chi connectivity index (χ0n) is 10.7. The van der Waals surface area contributed by atoms with Crippen LogP contribution in [0, 0.1) is 0 Å². The number of carbonyl (C=O) groups excluding carboxylic acids is 1. The maximum atomic E-state index is 11.7. The molecule has 104 valence electrons. The zero-order valence-corrected chi connectivity index (χ0v) is 12.4. The molecule has 2 aromatic rings. The second-order valence-electron chi connectivity index (χ2n) is 4.00. The minimum absolute atomic E-state index is 0.0648. The Morgan fingerprint density at radius 3 is 2.55 bits per heavy atom. The average molecular weight is 337 g/mol. The molecule has 20 heavy (non-hydrogen) atoms. The molecule has 0 aliphatic carbocycles. The van der Waals surface area contributed by atoms with E-state index in [1.807, 2.05) is 30.3 Å². The van der Waals surface area contributed by atoms with Gasteiger partial charge >= 0.3 is 123 Å². The summed E-state index contributed by atoms with van der Waals surface area (Å²) in [6.07, 6.45) is 0. The number of ether oxygens (including phenoxy) is 1. The van der Waals surface area contributed by atoms with Gasteiger partial charge in [0.05, 0.1) is 0 Å². The van der Waals surface area contributed by atoms with Crippen LogP contribution in [0.25, 0.3) is 0 Å². The van der Waals surface area contributed by atoms with Gasteiger partial charge in [0.15, 0.2) is 0 Å². The first-order valence-electron chi connectivity index (χ1n) is 6.04. The first-order chi connectivity index (χ1) is 9.66. The fourth-order valence-corrected chi connectivity index (χ4v) is 3.16. The molecule has 0 unspecified atom stereocenters. The molecule has 0 heterocycles. The number of rotatable bonds is 5. The molecule has 0 fully saturated rings. The van der Waals surface area contributed by atoms with E-state index in [0.29, 0.717) is 6.61 Å². The molecule has 0 aliphatic heterocycles. The Morgan fingerprint density at radius 2 is 1.85 bits per heavy atom. The van der Waals surface area contributed by atoms with Gasteiger partial charge in [-0.3, -0.25) is 0 Å². The van der Waals surface area contributed by atoms with Crippen LogP contribution in [0.4, 0.5) is 0 Å². The summed E-state index contributed by atoms with van der Waals surface area (Å²) in [5.74, 6) is -0.943. The van der Waals surface area contributed by atoms with Gasteiger partial charge in [0.25, 0.3) is 0 Å². The number of hydrogen-bond acceptors (Lipinski definition) is 4. The van der Waals surface area contributed by atoms with Crippen molar-refractivity contribution in [1.82, 2.24) is 0 Å².